The molecule has 9 heteroatoms. The summed E-state index contributed by atoms with van der Waals surface area (Å²) >= 11 is 5.21. The molecule has 0 aliphatic carbocycles. The van der Waals surface area contributed by atoms with Gasteiger partial charge in [0.2, 0.25) is 11.1 Å². The molecule has 3 aromatic carbocycles. The highest BCUT2D eigenvalue weighted by Crippen LogP contribution is 2.41. The third-order valence-corrected chi connectivity index (χ3v) is 8.32. The number of thioether (sulfide) groups is 1. The molecular weight excluding hydrogens is 610 g/mol. The van der Waals surface area contributed by atoms with E-state index in [1.807, 2.05) is 56.3 Å². The average molecular weight is 647 g/mol. The number of rotatable bonds is 8. The van der Waals surface area contributed by atoms with E-state index in [1.165, 1.54) is 5.56 Å². The normalized spacial score (nSPS) is 14.8. The summed E-state index contributed by atoms with van der Waals surface area (Å²) in [6.45, 7) is 13.0. The van der Waals surface area contributed by atoms with Crippen LogP contribution in [0.2, 0.25) is 0 Å². The molecule has 1 aliphatic heterocycles. The lowest BCUT2D eigenvalue weighted by atomic mass is 9.87. The molecule has 5 rings (SSSR count). The van der Waals surface area contributed by atoms with Crippen molar-refractivity contribution in [2.24, 2.45) is 0 Å². The maximum absolute atomic E-state index is 14.0. The molecule has 1 atom stereocenters. The van der Waals surface area contributed by atoms with E-state index in [-0.39, 0.29) is 11.3 Å². The predicted molar refractivity (Wildman–Crippen MR) is 174 cm³/mol. The summed E-state index contributed by atoms with van der Waals surface area (Å²) in [4.78, 5) is 18.7. The van der Waals surface area contributed by atoms with Gasteiger partial charge in [0, 0.05) is 21.4 Å². The largest absolute Gasteiger partial charge is 0.489 e. The zero-order valence-corrected chi connectivity index (χ0v) is 27.2. The standard InChI is InChI=1S/C33H36BrN5O2S/c1-7-42-32-37-31-35-21(3)28(30(40)36-25-10-8-9-20(2)17-25)29(39(31)38-32)26-18-24(34)15-16-27(26)41-19-22-11-13-23(14-12-22)33(4,5)6/h8-18,29H,7,19H2,1-6H3,(H,36,40)(H,35,37,38). The average Bonchev–Trinajstić information content (AvgIpc) is 3.33. The van der Waals surface area contributed by atoms with Crippen molar-refractivity contribution in [3.05, 3.63) is 105 Å². The van der Waals surface area contributed by atoms with Crippen LogP contribution < -0.4 is 15.4 Å². The molecule has 2 heterocycles. The van der Waals surface area contributed by atoms with Gasteiger partial charge in [-0.25, -0.2) is 4.68 Å². The maximum atomic E-state index is 14.0. The first-order valence-corrected chi connectivity index (χ1v) is 15.8. The Hall–Kier alpha value is -3.56. The Labute approximate surface area is 260 Å². The van der Waals surface area contributed by atoms with Crippen LogP contribution in [0.1, 0.15) is 62.9 Å². The number of ether oxygens (including phenoxy) is 1. The first kappa shape index (κ1) is 29.9. The van der Waals surface area contributed by atoms with E-state index >= 15 is 0 Å². The molecule has 218 valence electrons. The summed E-state index contributed by atoms with van der Waals surface area (Å²) in [6, 6.07) is 21.6. The van der Waals surface area contributed by atoms with Crippen molar-refractivity contribution in [1.29, 1.82) is 0 Å². The van der Waals surface area contributed by atoms with Gasteiger partial charge in [0.1, 0.15) is 18.4 Å². The lowest BCUT2D eigenvalue weighted by molar-refractivity contribution is -0.113. The van der Waals surface area contributed by atoms with Gasteiger partial charge in [-0.15, -0.1) is 5.10 Å². The van der Waals surface area contributed by atoms with Gasteiger partial charge in [-0.2, -0.15) is 4.98 Å². The molecule has 7 nitrogen and oxygen atoms in total. The Morgan fingerprint density at radius 1 is 1.10 bits per heavy atom. The van der Waals surface area contributed by atoms with Gasteiger partial charge in [0.15, 0.2) is 0 Å². The second-order valence-electron chi connectivity index (χ2n) is 11.4. The number of anilines is 2. The van der Waals surface area contributed by atoms with Crippen molar-refractivity contribution in [3.8, 4) is 5.75 Å². The van der Waals surface area contributed by atoms with Crippen LogP contribution in [-0.4, -0.2) is 26.4 Å². The van der Waals surface area contributed by atoms with Crippen molar-refractivity contribution in [3.63, 3.8) is 0 Å². The minimum Gasteiger partial charge on any atom is -0.489 e. The van der Waals surface area contributed by atoms with Crippen LogP contribution in [-0.2, 0) is 16.8 Å². The molecule has 0 radical (unpaired) electrons. The second kappa shape index (κ2) is 12.4. The number of hydrogen-bond donors (Lipinski definition) is 2. The van der Waals surface area contributed by atoms with E-state index in [0.29, 0.717) is 34.7 Å². The number of hydrogen-bond acceptors (Lipinski definition) is 6. The molecule has 0 saturated carbocycles. The SMILES string of the molecule is CCSc1nc2n(n1)C(c1cc(Br)ccc1OCc1ccc(C(C)(C)C)cc1)C(C(=O)Nc1cccc(C)c1)=C(C)N2. The second-order valence-corrected chi connectivity index (χ2v) is 13.5. The first-order chi connectivity index (χ1) is 20.0. The molecule has 0 fully saturated rings. The zero-order chi connectivity index (χ0) is 30.0. The summed E-state index contributed by atoms with van der Waals surface area (Å²) in [5.41, 5.74) is 6.28. The van der Waals surface area contributed by atoms with Crippen molar-refractivity contribution in [2.45, 2.75) is 64.8 Å². The van der Waals surface area contributed by atoms with E-state index in [4.69, 9.17) is 14.8 Å². The van der Waals surface area contributed by atoms with E-state index in [0.717, 1.165) is 32.6 Å². The van der Waals surface area contributed by atoms with Gasteiger partial charge in [0.05, 0.1) is 5.57 Å². The van der Waals surface area contributed by atoms with Crippen LogP contribution in [0, 0.1) is 6.92 Å². The summed E-state index contributed by atoms with van der Waals surface area (Å²) in [7, 11) is 0. The number of fused-ring (bicyclic) bond motifs is 1. The van der Waals surface area contributed by atoms with E-state index in [1.54, 1.807) is 16.4 Å². The van der Waals surface area contributed by atoms with E-state index < -0.39 is 6.04 Å². The molecule has 0 saturated heterocycles. The van der Waals surface area contributed by atoms with Gasteiger partial charge in [-0.05, 0) is 72.0 Å². The van der Waals surface area contributed by atoms with E-state index in [2.05, 4.69) is 78.5 Å². The molecule has 4 aromatic rings. The minimum absolute atomic E-state index is 0.0807. The highest BCUT2D eigenvalue weighted by atomic mass is 79.9. The molecule has 2 N–H and O–H groups in total. The number of carbonyl (C=O) groups is 1. The lowest BCUT2D eigenvalue weighted by Crippen LogP contribution is -2.31. The third-order valence-electron chi connectivity index (χ3n) is 7.11. The van der Waals surface area contributed by atoms with Crippen LogP contribution in [0.4, 0.5) is 11.6 Å². The smallest absolute Gasteiger partial charge is 0.255 e. The molecule has 1 aromatic heterocycles. The summed E-state index contributed by atoms with van der Waals surface area (Å²) in [5.74, 6) is 1.87. The number of aryl methyl sites for hydroxylation is 1. The number of carbonyl (C=O) groups excluding carboxylic acids is 1. The monoisotopic (exact) mass is 645 g/mol. The molecule has 42 heavy (non-hydrogen) atoms. The minimum atomic E-state index is -0.569. The Morgan fingerprint density at radius 2 is 1.86 bits per heavy atom. The van der Waals surface area contributed by atoms with Crippen LogP contribution in [0.3, 0.4) is 0 Å². The van der Waals surface area contributed by atoms with Crippen molar-refractivity contribution in [2.75, 3.05) is 16.4 Å². The summed E-state index contributed by atoms with van der Waals surface area (Å²) < 4.78 is 9.13. The Morgan fingerprint density at radius 3 is 2.55 bits per heavy atom. The number of aromatic nitrogens is 3. The Bertz CT molecular complexity index is 1640. The fourth-order valence-electron chi connectivity index (χ4n) is 4.95. The van der Waals surface area contributed by atoms with Crippen LogP contribution in [0.15, 0.2) is 87.6 Å². The van der Waals surface area contributed by atoms with Crippen LogP contribution >= 0.6 is 27.7 Å². The summed E-state index contributed by atoms with van der Waals surface area (Å²) in [5, 5.41) is 11.9. The van der Waals surface area contributed by atoms with Crippen molar-refractivity contribution in [1.82, 2.24) is 14.8 Å². The van der Waals surface area contributed by atoms with Gasteiger partial charge in [-0.1, -0.05) is 91.8 Å². The number of amides is 1. The van der Waals surface area contributed by atoms with Crippen molar-refractivity contribution >= 4 is 45.2 Å². The first-order valence-electron chi connectivity index (χ1n) is 14.0. The Balaban J connectivity index is 1.54. The lowest BCUT2D eigenvalue weighted by Gasteiger charge is -2.30. The quantitative estimate of drug-likeness (QED) is 0.188. The molecule has 1 amide bonds. The summed E-state index contributed by atoms with van der Waals surface area (Å²) in [6.07, 6.45) is 0. The topological polar surface area (TPSA) is 81.1 Å². The molecular formula is C33H36BrN5O2S. The predicted octanol–water partition coefficient (Wildman–Crippen LogP) is 8.27. The number of nitrogens with zero attached hydrogens (tertiary/aromatic N) is 3. The van der Waals surface area contributed by atoms with Gasteiger partial charge < -0.3 is 15.4 Å². The Kier molecular flexibility index (Phi) is 8.80. The highest BCUT2D eigenvalue weighted by molar-refractivity contribution is 9.10. The van der Waals surface area contributed by atoms with Crippen LogP contribution in [0.5, 0.6) is 5.75 Å². The zero-order valence-electron chi connectivity index (χ0n) is 24.8. The van der Waals surface area contributed by atoms with Crippen LogP contribution in [0.25, 0.3) is 0 Å². The third kappa shape index (κ3) is 6.57. The number of allylic oxidation sites excluding steroid dienone is 1. The number of benzene rings is 3. The molecule has 1 aliphatic rings. The molecule has 1 unspecified atom stereocenters. The fourth-order valence-corrected chi connectivity index (χ4v) is 5.88. The van der Waals surface area contributed by atoms with Gasteiger partial charge in [-0.3, -0.25) is 4.79 Å². The van der Waals surface area contributed by atoms with Gasteiger partial charge >= 0.3 is 0 Å². The number of halogens is 1. The molecule has 0 bridgehead atoms. The molecule has 0 spiro atoms. The highest BCUT2D eigenvalue weighted by Gasteiger charge is 2.36. The maximum Gasteiger partial charge on any atom is 0.255 e. The van der Waals surface area contributed by atoms with Crippen molar-refractivity contribution < 1.29 is 9.53 Å². The fraction of sp³-hybridized carbons (Fsp3) is 0.303. The van der Waals surface area contributed by atoms with E-state index in [9.17, 15) is 4.79 Å². The van der Waals surface area contributed by atoms with Gasteiger partial charge in [0.25, 0.3) is 5.91 Å². The number of nitrogens with one attached hydrogen (secondary N) is 2.